The van der Waals surface area contributed by atoms with E-state index < -0.39 is 29.1 Å². The van der Waals surface area contributed by atoms with E-state index in [9.17, 15) is 22.0 Å². The van der Waals surface area contributed by atoms with Crippen LogP contribution in [0.5, 0.6) is 0 Å². The Morgan fingerprint density at radius 1 is 1.12 bits per heavy atom. The third kappa shape index (κ3) is 4.75. The summed E-state index contributed by atoms with van der Waals surface area (Å²) < 4.78 is 65.7. The summed E-state index contributed by atoms with van der Waals surface area (Å²) in [6.45, 7) is 0.783. The fourth-order valence-corrected chi connectivity index (χ4v) is 5.46. The fraction of sp³-hybridized carbons (Fsp3) is 0.364. The highest BCUT2D eigenvalue weighted by Gasteiger charge is 2.32. The molecule has 0 saturated carbocycles. The molecule has 0 radical (unpaired) electrons. The van der Waals surface area contributed by atoms with Crippen molar-refractivity contribution in [1.82, 2.24) is 13.9 Å². The number of ether oxygens (including phenoxy) is 2. The van der Waals surface area contributed by atoms with Crippen molar-refractivity contribution in [3.8, 4) is 0 Å². The third-order valence-corrected chi connectivity index (χ3v) is 7.16. The normalized spacial score (nSPS) is 19.8. The van der Waals surface area contributed by atoms with Gasteiger partial charge in [-0.15, -0.1) is 0 Å². The minimum Gasteiger partial charge on any atom is -0.454 e. The molecule has 1 aliphatic rings. The van der Waals surface area contributed by atoms with Gasteiger partial charge in [-0.25, -0.2) is 18.2 Å². The summed E-state index contributed by atoms with van der Waals surface area (Å²) in [6, 6.07) is 11.7. The summed E-state index contributed by atoms with van der Waals surface area (Å²) in [5.41, 5.74) is 0.697. The van der Waals surface area contributed by atoms with Crippen LogP contribution in [0.4, 0.5) is 8.78 Å². The molecular weight excluding hydrogens is 456 g/mol. The Hall–Kier alpha value is -2.89. The summed E-state index contributed by atoms with van der Waals surface area (Å²) in [7, 11) is -3.75. The fourth-order valence-electron chi connectivity index (χ4n) is 3.87. The molecule has 0 spiro atoms. The van der Waals surface area contributed by atoms with Crippen LogP contribution in [-0.2, 0) is 26.1 Å². The number of rotatable bonds is 6. The number of esters is 1. The first-order valence-corrected chi connectivity index (χ1v) is 11.8. The average Bonchev–Trinajstić information content (AvgIpc) is 3.15. The van der Waals surface area contributed by atoms with Gasteiger partial charge in [0, 0.05) is 13.1 Å². The summed E-state index contributed by atoms with van der Waals surface area (Å²) in [6.07, 6.45) is -0.453. The molecule has 1 aromatic heterocycles. The number of hydrogen-bond donors (Lipinski definition) is 0. The maximum atomic E-state index is 13.5. The lowest BCUT2D eigenvalue weighted by Crippen LogP contribution is -2.48. The molecule has 176 valence electrons. The molecule has 0 aliphatic carbocycles. The van der Waals surface area contributed by atoms with Crippen molar-refractivity contribution in [3.63, 3.8) is 0 Å². The number of hydrogen-bond acceptors (Lipinski definition) is 6. The van der Waals surface area contributed by atoms with Crippen LogP contribution in [0.1, 0.15) is 36.6 Å². The van der Waals surface area contributed by atoms with Gasteiger partial charge in [-0.05, 0) is 50.2 Å². The second-order valence-corrected chi connectivity index (χ2v) is 9.78. The predicted octanol–water partition coefficient (Wildman–Crippen LogP) is 3.59. The standard InChI is InChI=1S/C22H23F2N3O5S/c1-14-11-26(12-15(2)32-14)33(29,30)17-9-7-16(8-10-17)21(28)31-13-20-25-18-5-3-4-6-19(18)27(20)22(23)24/h3-10,14-15,22H,11-13H2,1-2H3/t14-,15-/m1/s1. The quantitative estimate of drug-likeness (QED) is 0.502. The van der Waals surface area contributed by atoms with Crippen molar-refractivity contribution < 1.29 is 31.5 Å². The highest BCUT2D eigenvalue weighted by atomic mass is 32.2. The largest absolute Gasteiger partial charge is 0.454 e. The van der Waals surface area contributed by atoms with Gasteiger partial charge >= 0.3 is 12.5 Å². The number of nitrogens with zero attached hydrogens (tertiary/aromatic N) is 3. The molecular formula is C22H23F2N3O5S. The van der Waals surface area contributed by atoms with Gasteiger partial charge in [0.1, 0.15) is 6.61 Å². The first-order chi connectivity index (χ1) is 15.7. The van der Waals surface area contributed by atoms with Crippen LogP contribution < -0.4 is 0 Å². The number of morpholine rings is 1. The van der Waals surface area contributed by atoms with Crippen molar-refractivity contribution in [1.29, 1.82) is 0 Å². The number of fused-ring (bicyclic) bond motifs is 1. The van der Waals surface area contributed by atoms with Gasteiger partial charge in [0.25, 0.3) is 0 Å². The van der Waals surface area contributed by atoms with Crippen molar-refractivity contribution in [2.75, 3.05) is 13.1 Å². The zero-order valence-corrected chi connectivity index (χ0v) is 18.8. The summed E-state index contributed by atoms with van der Waals surface area (Å²) in [5.74, 6) is -0.866. The molecule has 1 saturated heterocycles. The zero-order chi connectivity index (χ0) is 23.8. The maximum absolute atomic E-state index is 13.5. The van der Waals surface area contributed by atoms with Crippen molar-refractivity contribution in [2.24, 2.45) is 0 Å². The van der Waals surface area contributed by atoms with Crippen LogP contribution in [0.3, 0.4) is 0 Å². The Kier molecular flexibility index (Phi) is 6.46. The van der Waals surface area contributed by atoms with E-state index in [1.807, 2.05) is 0 Å². The first kappa shape index (κ1) is 23.3. The van der Waals surface area contributed by atoms with Crippen LogP contribution in [0.2, 0.25) is 0 Å². The average molecular weight is 480 g/mol. The van der Waals surface area contributed by atoms with Gasteiger partial charge in [0.15, 0.2) is 5.82 Å². The van der Waals surface area contributed by atoms with E-state index in [4.69, 9.17) is 9.47 Å². The SMILES string of the molecule is C[C@@H]1CN(S(=O)(=O)c2ccc(C(=O)OCc3nc4ccccc4n3C(F)F)cc2)C[C@@H](C)O1. The molecule has 33 heavy (non-hydrogen) atoms. The number of para-hydroxylation sites is 2. The number of carbonyl (C=O) groups excluding carboxylic acids is 1. The molecule has 0 amide bonds. The van der Waals surface area contributed by atoms with Crippen molar-refractivity contribution in [3.05, 3.63) is 59.9 Å². The number of aromatic nitrogens is 2. The van der Waals surface area contributed by atoms with E-state index >= 15 is 0 Å². The lowest BCUT2D eigenvalue weighted by atomic mass is 10.2. The van der Waals surface area contributed by atoms with Crippen LogP contribution in [0.25, 0.3) is 11.0 Å². The molecule has 8 nitrogen and oxygen atoms in total. The molecule has 0 N–H and O–H groups in total. The Bertz CT molecular complexity index is 1250. The van der Waals surface area contributed by atoms with Crippen LogP contribution in [0, 0.1) is 0 Å². The maximum Gasteiger partial charge on any atom is 0.338 e. The molecule has 0 unspecified atom stereocenters. The van der Waals surface area contributed by atoms with E-state index in [0.717, 1.165) is 0 Å². The zero-order valence-electron chi connectivity index (χ0n) is 18.0. The number of sulfonamides is 1. The Balaban J connectivity index is 1.47. The van der Waals surface area contributed by atoms with E-state index in [-0.39, 0.29) is 47.1 Å². The molecule has 1 fully saturated rings. The van der Waals surface area contributed by atoms with Gasteiger partial charge in [-0.3, -0.25) is 4.57 Å². The van der Waals surface area contributed by atoms with Gasteiger partial charge in [0.2, 0.25) is 10.0 Å². The van der Waals surface area contributed by atoms with E-state index in [2.05, 4.69) is 4.98 Å². The smallest absolute Gasteiger partial charge is 0.338 e. The first-order valence-electron chi connectivity index (χ1n) is 10.3. The Morgan fingerprint density at radius 2 is 1.76 bits per heavy atom. The molecule has 0 bridgehead atoms. The van der Waals surface area contributed by atoms with Crippen LogP contribution >= 0.6 is 0 Å². The second kappa shape index (κ2) is 9.16. The minimum absolute atomic E-state index is 0.0415. The van der Waals surface area contributed by atoms with E-state index in [1.165, 1.54) is 34.6 Å². The third-order valence-electron chi connectivity index (χ3n) is 5.31. The minimum atomic E-state index is -3.75. The van der Waals surface area contributed by atoms with Crippen molar-refractivity contribution in [2.45, 2.75) is 44.1 Å². The van der Waals surface area contributed by atoms with E-state index in [1.54, 1.807) is 32.0 Å². The number of halogens is 2. The van der Waals surface area contributed by atoms with Gasteiger partial charge in [-0.1, -0.05) is 12.1 Å². The van der Waals surface area contributed by atoms with Gasteiger partial charge in [-0.2, -0.15) is 13.1 Å². The van der Waals surface area contributed by atoms with E-state index in [0.29, 0.717) is 10.1 Å². The predicted molar refractivity (Wildman–Crippen MR) is 115 cm³/mol. The summed E-state index contributed by atoms with van der Waals surface area (Å²) in [4.78, 5) is 16.6. The number of alkyl halides is 2. The molecule has 1 aliphatic heterocycles. The molecule has 2 atom stereocenters. The topological polar surface area (TPSA) is 90.7 Å². The molecule has 11 heteroatoms. The highest BCUT2D eigenvalue weighted by Crippen LogP contribution is 2.24. The number of imidazole rings is 1. The van der Waals surface area contributed by atoms with Gasteiger partial charge in [0.05, 0.1) is 33.7 Å². The highest BCUT2D eigenvalue weighted by molar-refractivity contribution is 7.89. The van der Waals surface area contributed by atoms with Crippen LogP contribution in [-0.4, -0.2) is 53.5 Å². The Labute approximate surface area is 189 Å². The monoisotopic (exact) mass is 479 g/mol. The number of carbonyl (C=O) groups is 1. The lowest BCUT2D eigenvalue weighted by molar-refractivity contribution is -0.0440. The molecule has 3 aromatic rings. The number of benzene rings is 2. The molecule has 2 aromatic carbocycles. The summed E-state index contributed by atoms with van der Waals surface area (Å²) in [5, 5.41) is 0. The second-order valence-electron chi connectivity index (χ2n) is 7.84. The van der Waals surface area contributed by atoms with Crippen LogP contribution in [0.15, 0.2) is 53.4 Å². The molecule has 2 heterocycles. The van der Waals surface area contributed by atoms with Gasteiger partial charge < -0.3 is 9.47 Å². The molecule has 4 rings (SSSR count). The Morgan fingerprint density at radius 3 is 2.39 bits per heavy atom. The van der Waals surface area contributed by atoms with Crippen molar-refractivity contribution >= 4 is 27.0 Å². The lowest BCUT2D eigenvalue weighted by Gasteiger charge is -2.34. The summed E-state index contributed by atoms with van der Waals surface area (Å²) >= 11 is 0.